The maximum absolute atomic E-state index is 12.0. The smallest absolute Gasteiger partial charge is 0.277 e. The van der Waals surface area contributed by atoms with E-state index in [2.05, 4.69) is 15.6 Å². The molecule has 1 heterocycles. The van der Waals surface area contributed by atoms with Gasteiger partial charge in [-0.15, -0.1) is 0 Å². The number of aryl methyl sites for hydroxylation is 3. The van der Waals surface area contributed by atoms with Crippen LogP contribution in [0, 0.1) is 20.8 Å². The van der Waals surface area contributed by atoms with Gasteiger partial charge in [0.15, 0.2) is 6.61 Å². The number of carbonyl (C=O) groups is 1. The number of halogens is 1. The molecule has 3 rings (SSSR count). The third-order valence-corrected chi connectivity index (χ3v) is 4.48. The second kappa shape index (κ2) is 8.71. The van der Waals surface area contributed by atoms with E-state index < -0.39 is 0 Å². The van der Waals surface area contributed by atoms with Crippen molar-refractivity contribution in [2.24, 2.45) is 5.10 Å². The highest BCUT2D eigenvalue weighted by molar-refractivity contribution is 6.32. The lowest BCUT2D eigenvalue weighted by Gasteiger charge is -2.08. The minimum absolute atomic E-state index is 0.128. The molecule has 0 aliphatic carbocycles. The lowest BCUT2D eigenvalue weighted by atomic mass is 10.1. The van der Waals surface area contributed by atoms with Crippen LogP contribution < -0.4 is 10.2 Å². The highest BCUT2D eigenvalue weighted by Gasteiger charge is 2.13. The van der Waals surface area contributed by atoms with Crippen molar-refractivity contribution >= 4 is 23.7 Å². The average molecular weight is 397 g/mol. The van der Waals surface area contributed by atoms with Crippen LogP contribution >= 0.6 is 11.6 Å². The maximum Gasteiger partial charge on any atom is 0.277 e. The average Bonchev–Trinajstić information content (AvgIpc) is 2.96. The number of benzene rings is 2. The molecule has 7 heteroatoms. The van der Waals surface area contributed by atoms with Crippen molar-refractivity contribution in [2.45, 2.75) is 20.8 Å². The number of nitrogens with one attached hydrogen (secondary N) is 1. The van der Waals surface area contributed by atoms with Gasteiger partial charge in [0.1, 0.15) is 10.9 Å². The number of hydrogen-bond acceptors (Lipinski definition) is 4. The molecule has 0 bridgehead atoms. The Bertz CT molecular complexity index is 1010. The fourth-order valence-corrected chi connectivity index (χ4v) is 3.02. The number of aromatic nitrogens is 2. The highest BCUT2D eigenvalue weighted by atomic mass is 35.5. The summed E-state index contributed by atoms with van der Waals surface area (Å²) in [6.45, 7) is 5.65. The van der Waals surface area contributed by atoms with E-state index in [1.807, 2.05) is 69.3 Å². The van der Waals surface area contributed by atoms with Crippen LogP contribution in [0.4, 0.5) is 0 Å². The Morgan fingerprint density at radius 2 is 1.96 bits per heavy atom. The number of amides is 1. The van der Waals surface area contributed by atoms with E-state index >= 15 is 0 Å². The number of rotatable bonds is 6. The number of para-hydroxylation sites is 1. The van der Waals surface area contributed by atoms with Gasteiger partial charge in [0.2, 0.25) is 0 Å². The first-order valence-corrected chi connectivity index (χ1v) is 9.16. The van der Waals surface area contributed by atoms with E-state index in [1.54, 1.807) is 4.68 Å². The van der Waals surface area contributed by atoms with Crippen LogP contribution in [0.5, 0.6) is 5.75 Å². The van der Waals surface area contributed by atoms with Crippen LogP contribution in [-0.4, -0.2) is 28.5 Å². The molecule has 2 aromatic carbocycles. The Kier molecular flexibility index (Phi) is 6.11. The number of hydrogen-bond donors (Lipinski definition) is 1. The Morgan fingerprint density at radius 1 is 1.21 bits per heavy atom. The summed E-state index contributed by atoms with van der Waals surface area (Å²) in [6, 6.07) is 15.3. The van der Waals surface area contributed by atoms with Crippen LogP contribution in [0.15, 0.2) is 53.6 Å². The van der Waals surface area contributed by atoms with Gasteiger partial charge in [-0.1, -0.05) is 47.5 Å². The summed E-state index contributed by atoms with van der Waals surface area (Å²) in [5, 5.41) is 8.83. The molecule has 3 aromatic rings. The summed E-state index contributed by atoms with van der Waals surface area (Å²) in [7, 11) is 0. The van der Waals surface area contributed by atoms with Crippen molar-refractivity contribution in [3.05, 3.63) is 76.1 Å². The van der Waals surface area contributed by atoms with E-state index in [1.165, 1.54) is 6.21 Å². The van der Waals surface area contributed by atoms with E-state index in [0.717, 1.165) is 16.8 Å². The summed E-state index contributed by atoms with van der Waals surface area (Å²) in [5.74, 6) is 0.313. The minimum Gasteiger partial charge on any atom is -0.483 e. The lowest BCUT2D eigenvalue weighted by molar-refractivity contribution is -0.123. The third-order valence-electron chi connectivity index (χ3n) is 4.12. The predicted octanol–water partition coefficient (Wildman–Crippen LogP) is 3.98. The van der Waals surface area contributed by atoms with E-state index in [9.17, 15) is 4.79 Å². The molecule has 0 atom stereocenters. The summed E-state index contributed by atoms with van der Waals surface area (Å²) in [5.41, 5.74) is 6.76. The van der Waals surface area contributed by atoms with Gasteiger partial charge in [-0.2, -0.15) is 10.2 Å². The third kappa shape index (κ3) is 4.58. The van der Waals surface area contributed by atoms with Crippen molar-refractivity contribution < 1.29 is 9.53 Å². The van der Waals surface area contributed by atoms with E-state index in [0.29, 0.717) is 22.2 Å². The molecule has 6 nitrogen and oxygen atoms in total. The monoisotopic (exact) mass is 396 g/mol. The second-order valence-corrected chi connectivity index (χ2v) is 6.75. The highest BCUT2D eigenvalue weighted by Crippen LogP contribution is 2.22. The van der Waals surface area contributed by atoms with Crippen LogP contribution in [0.25, 0.3) is 5.69 Å². The van der Waals surface area contributed by atoms with Gasteiger partial charge in [-0.25, -0.2) is 10.1 Å². The molecule has 144 valence electrons. The largest absolute Gasteiger partial charge is 0.483 e. The standard InChI is InChI=1S/C21H21ClN4O2/c1-14-9-10-19(15(2)11-14)28-13-20(27)24-23-12-18-16(3)25-26(21(18)22)17-7-5-4-6-8-17/h4-12H,13H2,1-3H3,(H,24,27). The molecular formula is C21H21ClN4O2. The number of nitrogens with zero attached hydrogens (tertiary/aromatic N) is 3. The van der Waals surface area contributed by atoms with E-state index in [4.69, 9.17) is 16.3 Å². The number of carbonyl (C=O) groups excluding carboxylic acids is 1. The molecule has 0 aliphatic rings. The number of hydrazone groups is 1. The molecule has 0 radical (unpaired) electrons. The van der Waals surface area contributed by atoms with E-state index in [-0.39, 0.29) is 12.5 Å². The van der Waals surface area contributed by atoms with Gasteiger partial charge in [0, 0.05) is 0 Å². The normalized spacial score (nSPS) is 11.0. The van der Waals surface area contributed by atoms with Crippen molar-refractivity contribution in [1.29, 1.82) is 0 Å². The SMILES string of the molecule is Cc1ccc(OCC(=O)NN=Cc2c(C)nn(-c3ccccc3)c2Cl)c(C)c1. The summed E-state index contributed by atoms with van der Waals surface area (Å²) in [4.78, 5) is 12.0. The lowest BCUT2D eigenvalue weighted by Crippen LogP contribution is -2.24. The van der Waals surface area contributed by atoms with Crippen LogP contribution in [0.1, 0.15) is 22.4 Å². The topological polar surface area (TPSA) is 68.5 Å². The predicted molar refractivity (Wildman–Crippen MR) is 110 cm³/mol. The molecule has 1 amide bonds. The van der Waals surface area contributed by atoms with Crippen molar-refractivity contribution in [2.75, 3.05) is 6.61 Å². The Labute approximate surface area is 168 Å². The molecule has 1 aromatic heterocycles. The van der Waals surface area contributed by atoms with Crippen molar-refractivity contribution in [3.63, 3.8) is 0 Å². The van der Waals surface area contributed by atoms with Gasteiger partial charge in [0.05, 0.1) is 23.2 Å². The maximum atomic E-state index is 12.0. The zero-order valence-corrected chi connectivity index (χ0v) is 16.7. The number of ether oxygens (including phenoxy) is 1. The first-order chi connectivity index (χ1) is 13.5. The molecule has 0 saturated heterocycles. The Balaban J connectivity index is 1.61. The van der Waals surface area contributed by atoms with Gasteiger partial charge in [-0.05, 0) is 44.5 Å². The molecule has 1 N–H and O–H groups in total. The summed E-state index contributed by atoms with van der Waals surface area (Å²) in [6.07, 6.45) is 1.49. The van der Waals surface area contributed by atoms with Crippen LogP contribution in [0.2, 0.25) is 5.15 Å². The van der Waals surface area contributed by atoms with Crippen LogP contribution in [0.3, 0.4) is 0 Å². The summed E-state index contributed by atoms with van der Waals surface area (Å²) < 4.78 is 7.17. The quantitative estimate of drug-likeness (QED) is 0.506. The zero-order chi connectivity index (χ0) is 20.1. The molecule has 0 unspecified atom stereocenters. The zero-order valence-electron chi connectivity index (χ0n) is 15.9. The van der Waals surface area contributed by atoms with Crippen LogP contribution in [-0.2, 0) is 4.79 Å². The Hall–Kier alpha value is -3.12. The molecule has 0 fully saturated rings. The second-order valence-electron chi connectivity index (χ2n) is 6.39. The van der Waals surface area contributed by atoms with Gasteiger partial charge < -0.3 is 4.74 Å². The first kappa shape index (κ1) is 19.6. The molecular weight excluding hydrogens is 376 g/mol. The van der Waals surface area contributed by atoms with Gasteiger partial charge in [-0.3, -0.25) is 4.79 Å². The minimum atomic E-state index is -0.361. The van der Waals surface area contributed by atoms with Gasteiger partial charge >= 0.3 is 0 Å². The van der Waals surface area contributed by atoms with Gasteiger partial charge in [0.25, 0.3) is 5.91 Å². The van der Waals surface area contributed by atoms with Crippen molar-refractivity contribution in [1.82, 2.24) is 15.2 Å². The molecule has 28 heavy (non-hydrogen) atoms. The molecule has 0 aliphatic heterocycles. The summed E-state index contributed by atoms with van der Waals surface area (Å²) >= 11 is 6.42. The Morgan fingerprint density at radius 3 is 2.68 bits per heavy atom. The van der Waals surface area contributed by atoms with Crippen molar-refractivity contribution in [3.8, 4) is 11.4 Å². The fourth-order valence-electron chi connectivity index (χ4n) is 2.70. The molecule has 0 spiro atoms. The fraction of sp³-hybridized carbons (Fsp3) is 0.190. The molecule has 0 saturated carbocycles. The first-order valence-electron chi connectivity index (χ1n) is 8.78.